The van der Waals surface area contributed by atoms with Crippen LogP contribution in [0.3, 0.4) is 0 Å². The number of nitrogens with zero attached hydrogens (tertiary/aromatic N) is 2. The van der Waals surface area contributed by atoms with Crippen LogP contribution in [-0.4, -0.2) is 32.5 Å². The number of nitrogen functional groups attached to an aromatic ring is 1. The van der Waals surface area contributed by atoms with Gasteiger partial charge in [0.1, 0.15) is 4.90 Å². The van der Waals surface area contributed by atoms with E-state index in [9.17, 15) is 8.42 Å². The van der Waals surface area contributed by atoms with Gasteiger partial charge in [-0.05, 0) is 6.07 Å². The van der Waals surface area contributed by atoms with E-state index in [2.05, 4.69) is 15.2 Å². The van der Waals surface area contributed by atoms with Gasteiger partial charge in [-0.25, -0.2) is 13.4 Å². The largest absolute Gasteiger partial charge is 0.323 e. The normalized spacial score (nSPS) is 11.7. The van der Waals surface area contributed by atoms with Crippen LogP contribution >= 0.6 is 0 Å². The Kier molecular flexibility index (Phi) is 3.58. The second-order valence-electron chi connectivity index (χ2n) is 3.01. The van der Waals surface area contributed by atoms with Crippen molar-refractivity contribution in [1.82, 2.24) is 14.8 Å². The molecule has 0 amide bonds. The maximum absolute atomic E-state index is 11.7. The quantitative estimate of drug-likeness (QED) is 0.459. The zero-order valence-corrected chi connectivity index (χ0v) is 9.25. The molecule has 1 aromatic rings. The minimum Gasteiger partial charge on any atom is -0.323 e. The molecule has 0 aliphatic rings. The lowest BCUT2D eigenvalue weighted by molar-refractivity contribution is 0.364. The fourth-order valence-corrected chi connectivity index (χ4v) is 2.20. The average molecular weight is 231 g/mol. The van der Waals surface area contributed by atoms with E-state index in [0.29, 0.717) is 5.69 Å². The van der Waals surface area contributed by atoms with Crippen LogP contribution in [0.25, 0.3) is 0 Å². The van der Waals surface area contributed by atoms with Crippen LogP contribution in [0, 0.1) is 0 Å². The lowest BCUT2D eigenvalue weighted by Crippen LogP contribution is -2.36. The molecular weight excluding hydrogens is 218 g/mol. The van der Waals surface area contributed by atoms with Gasteiger partial charge in [-0.15, -0.1) is 4.83 Å². The van der Waals surface area contributed by atoms with Crippen molar-refractivity contribution in [2.24, 2.45) is 5.84 Å². The van der Waals surface area contributed by atoms with E-state index in [1.165, 1.54) is 23.5 Å². The molecule has 0 saturated carbocycles. The number of hydrogen-bond donors (Lipinski definition) is 3. The fourth-order valence-electron chi connectivity index (χ4n) is 1.00. The molecule has 0 aliphatic heterocycles. The maximum Gasteiger partial charge on any atom is 0.257 e. The van der Waals surface area contributed by atoms with E-state index in [1.54, 1.807) is 14.1 Å². The average Bonchev–Trinajstić information content (AvgIpc) is 2.16. The van der Waals surface area contributed by atoms with E-state index >= 15 is 0 Å². The molecule has 7 nitrogen and oxygen atoms in total. The number of sulfonamides is 1. The van der Waals surface area contributed by atoms with E-state index in [0.717, 1.165) is 0 Å². The molecule has 84 valence electrons. The first-order chi connectivity index (χ1) is 6.97. The predicted octanol–water partition coefficient (Wildman–Crippen LogP) is -0.878. The standard InChI is InChI=1S/C7H13N5O2S/c1-12(2)11-15(13,14)7-5-9-4-3-6(7)10-8/h3-5,11H,8H2,1-2H3,(H,9,10). The number of hydrogen-bond acceptors (Lipinski definition) is 6. The Hall–Kier alpha value is -1.22. The number of hydrazine groups is 2. The Morgan fingerprint density at radius 3 is 2.67 bits per heavy atom. The van der Waals surface area contributed by atoms with Crippen LogP contribution in [0.4, 0.5) is 5.69 Å². The topological polar surface area (TPSA) is 100 Å². The molecule has 0 atom stereocenters. The van der Waals surface area contributed by atoms with Crippen molar-refractivity contribution in [3.8, 4) is 0 Å². The zero-order valence-electron chi connectivity index (χ0n) is 8.43. The molecule has 15 heavy (non-hydrogen) atoms. The Morgan fingerprint density at radius 2 is 2.13 bits per heavy atom. The molecule has 8 heteroatoms. The molecule has 1 rings (SSSR count). The van der Waals surface area contributed by atoms with Crippen LogP contribution in [0.15, 0.2) is 23.4 Å². The summed E-state index contributed by atoms with van der Waals surface area (Å²) < 4.78 is 23.5. The third-order valence-corrected chi connectivity index (χ3v) is 3.04. The van der Waals surface area contributed by atoms with Crippen LogP contribution in [0.2, 0.25) is 0 Å². The SMILES string of the molecule is CN(C)NS(=O)(=O)c1cnccc1NN. The second kappa shape index (κ2) is 4.53. The molecule has 0 unspecified atom stereocenters. The molecule has 1 heterocycles. The van der Waals surface area contributed by atoms with Crippen molar-refractivity contribution >= 4 is 15.7 Å². The van der Waals surface area contributed by atoms with E-state index in [1.807, 2.05) is 0 Å². The molecule has 0 saturated heterocycles. The Balaban J connectivity index is 3.15. The van der Waals surface area contributed by atoms with Crippen LogP contribution in [-0.2, 0) is 10.0 Å². The lowest BCUT2D eigenvalue weighted by atomic mass is 10.4. The zero-order chi connectivity index (χ0) is 11.5. The van der Waals surface area contributed by atoms with Crippen molar-refractivity contribution in [3.63, 3.8) is 0 Å². The first-order valence-electron chi connectivity index (χ1n) is 4.08. The second-order valence-corrected chi connectivity index (χ2v) is 4.63. The molecular formula is C7H13N5O2S. The summed E-state index contributed by atoms with van der Waals surface area (Å²) in [5, 5.41) is 1.32. The summed E-state index contributed by atoms with van der Waals surface area (Å²) in [5.74, 6) is 5.19. The summed E-state index contributed by atoms with van der Waals surface area (Å²) in [6, 6.07) is 1.48. The summed E-state index contributed by atoms with van der Waals surface area (Å²) in [6.45, 7) is 0. The third-order valence-electron chi connectivity index (χ3n) is 1.53. The Bertz CT molecular complexity index is 431. The third kappa shape index (κ3) is 2.86. The summed E-state index contributed by atoms with van der Waals surface area (Å²) in [4.78, 5) is 6.01. The van der Waals surface area contributed by atoms with Crippen molar-refractivity contribution in [1.29, 1.82) is 0 Å². The highest BCUT2D eigenvalue weighted by molar-refractivity contribution is 7.89. The van der Waals surface area contributed by atoms with E-state index < -0.39 is 10.0 Å². The molecule has 0 aliphatic carbocycles. The van der Waals surface area contributed by atoms with Crippen LogP contribution < -0.4 is 16.1 Å². The number of rotatable bonds is 4. The van der Waals surface area contributed by atoms with Gasteiger partial charge < -0.3 is 5.43 Å². The molecule has 4 N–H and O–H groups in total. The number of anilines is 1. The van der Waals surface area contributed by atoms with Gasteiger partial charge in [0.2, 0.25) is 0 Å². The van der Waals surface area contributed by atoms with Crippen molar-refractivity contribution < 1.29 is 8.42 Å². The fraction of sp³-hybridized carbons (Fsp3) is 0.286. The Labute approximate surface area is 88.3 Å². The highest BCUT2D eigenvalue weighted by Crippen LogP contribution is 2.17. The number of nitrogens with one attached hydrogen (secondary N) is 2. The minimum absolute atomic E-state index is 0.00111. The molecule has 0 fully saturated rings. The minimum atomic E-state index is -3.63. The van der Waals surface area contributed by atoms with Crippen LogP contribution in [0.1, 0.15) is 0 Å². The van der Waals surface area contributed by atoms with Gasteiger partial charge in [-0.2, -0.15) is 0 Å². The first-order valence-corrected chi connectivity index (χ1v) is 5.56. The van der Waals surface area contributed by atoms with E-state index in [4.69, 9.17) is 5.84 Å². The van der Waals surface area contributed by atoms with Gasteiger partial charge >= 0.3 is 0 Å². The number of nitrogens with two attached hydrogens (primary N) is 1. The summed E-state index contributed by atoms with van der Waals surface area (Å²) >= 11 is 0. The van der Waals surface area contributed by atoms with Gasteiger partial charge in [0, 0.05) is 26.5 Å². The maximum atomic E-state index is 11.7. The monoisotopic (exact) mass is 231 g/mol. The van der Waals surface area contributed by atoms with E-state index in [-0.39, 0.29) is 4.90 Å². The predicted molar refractivity (Wildman–Crippen MR) is 56.1 cm³/mol. The first kappa shape index (κ1) is 11.9. The van der Waals surface area contributed by atoms with Gasteiger partial charge in [-0.1, -0.05) is 0 Å². The summed E-state index contributed by atoms with van der Waals surface area (Å²) in [7, 11) is -0.486. The van der Waals surface area contributed by atoms with Gasteiger partial charge in [0.05, 0.1) is 5.69 Å². The number of aromatic nitrogens is 1. The number of pyridine rings is 1. The molecule has 0 aromatic carbocycles. The van der Waals surface area contributed by atoms with Crippen LogP contribution in [0.5, 0.6) is 0 Å². The summed E-state index contributed by atoms with van der Waals surface area (Å²) in [6.07, 6.45) is 2.67. The smallest absolute Gasteiger partial charge is 0.257 e. The van der Waals surface area contributed by atoms with Gasteiger partial charge in [0.25, 0.3) is 10.0 Å². The van der Waals surface area contributed by atoms with Crippen molar-refractivity contribution in [2.45, 2.75) is 4.90 Å². The molecule has 0 bridgehead atoms. The summed E-state index contributed by atoms with van der Waals surface area (Å²) in [5.41, 5.74) is 2.59. The molecule has 1 aromatic heterocycles. The van der Waals surface area contributed by atoms with Gasteiger partial charge in [0.15, 0.2) is 0 Å². The van der Waals surface area contributed by atoms with Gasteiger partial charge in [-0.3, -0.25) is 10.8 Å². The lowest BCUT2D eigenvalue weighted by Gasteiger charge is -2.14. The highest BCUT2D eigenvalue weighted by atomic mass is 32.2. The van der Waals surface area contributed by atoms with Crippen molar-refractivity contribution in [2.75, 3.05) is 19.5 Å². The van der Waals surface area contributed by atoms with Crippen molar-refractivity contribution in [3.05, 3.63) is 18.5 Å². The Morgan fingerprint density at radius 1 is 1.47 bits per heavy atom. The highest BCUT2D eigenvalue weighted by Gasteiger charge is 2.18. The molecule has 0 radical (unpaired) electrons. The molecule has 0 spiro atoms.